The lowest BCUT2D eigenvalue weighted by molar-refractivity contribution is 0.300. The first-order chi connectivity index (χ1) is 6.42. The second-order valence-electron chi connectivity index (χ2n) is 3.41. The maximum absolute atomic E-state index is 8.83. The van der Waals surface area contributed by atoms with Crippen LogP contribution in [-0.2, 0) is 12.8 Å². The smallest absolute Gasteiger partial charge is 0.106 e. The topological polar surface area (TPSA) is 32.6 Å². The highest BCUT2D eigenvalue weighted by Gasteiger charge is 2.08. The van der Waals surface area contributed by atoms with Crippen molar-refractivity contribution in [3.8, 4) is 0 Å². The van der Waals surface area contributed by atoms with Gasteiger partial charge in [0.25, 0.3) is 0 Å². The third kappa shape index (κ3) is 1.57. The van der Waals surface area contributed by atoms with Gasteiger partial charge in [-0.2, -0.15) is 0 Å². The molecule has 0 atom stereocenters. The molecule has 0 saturated heterocycles. The SMILES string of the molecule is ON=c1ccccc2c1CCCC2. The first kappa shape index (κ1) is 8.30. The molecule has 0 amide bonds. The normalized spacial score (nSPS) is 16.8. The Morgan fingerprint density at radius 1 is 1.08 bits per heavy atom. The molecule has 0 radical (unpaired) electrons. The first-order valence-electron chi connectivity index (χ1n) is 4.71. The molecule has 0 saturated carbocycles. The molecule has 2 nitrogen and oxygen atoms in total. The summed E-state index contributed by atoms with van der Waals surface area (Å²) in [7, 11) is 0. The van der Waals surface area contributed by atoms with Gasteiger partial charge in [0.2, 0.25) is 0 Å². The van der Waals surface area contributed by atoms with Crippen LogP contribution in [0.5, 0.6) is 0 Å². The molecule has 0 fully saturated rings. The van der Waals surface area contributed by atoms with Crippen molar-refractivity contribution in [2.75, 3.05) is 0 Å². The standard InChI is InChI=1S/C11H13NO/c13-12-11-8-4-2-6-9-5-1-3-7-10(9)11/h2,4,6,8,13H,1,3,5,7H2. The lowest BCUT2D eigenvalue weighted by Crippen LogP contribution is -2.13. The number of rotatable bonds is 0. The van der Waals surface area contributed by atoms with Gasteiger partial charge in [-0.05, 0) is 42.9 Å². The van der Waals surface area contributed by atoms with Crippen LogP contribution in [0.1, 0.15) is 24.0 Å². The van der Waals surface area contributed by atoms with Crippen molar-refractivity contribution in [2.45, 2.75) is 25.7 Å². The molecular formula is C11H13NO. The highest BCUT2D eigenvalue weighted by molar-refractivity contribution is 5.27. The minimum atomic E-state index is 0.736. The minimum Gasteiger partial charge on any atom is -0.410 e. The van der Waals surface area contributed by atoms with Gasteiger partial charge < -0.3 is 5.21 Å². The Hall–Kier alpha value is -1.31. The molecule has 13 heavy (non-hydrogen) atoms. The van der Waals surface area contributed by atoms with E-state index in [0.29, 0.717) is 0 Å². The number of hydrogen-bond donors (Lipinski definition) is 1. The minimum absolute atomic E-state index is 0.736. The van der Waals surface area contributed by atoms with E-state index < -0.39 is 0 Å². The lowest BCUT2D eigenvalue weighted by atomic mass is 9.93. The molecule has 0 heterocycles. The van der Waals surface area contributed by atoms with Crippen molar-refractivity contribution in [3.05, 3.63) is 40.7 Å². The second-order valence-corrected chi connectivity index (χ2v) is 3.41. The summed E-state index contributed by atoms with van der Waals surface area (Å²) in [6, 6.07) is 7.93. The summed E-state index contributed by atoms with van der Waals surface area (Å²) in [5.41, 5.74) is 2.56. The van der Waals surface area contributed by atoms with E-state index in [1.54, 1.807) is 0 Å². The summed E-state index contributed by atoms with van der Waals surface area (Å²) in [4.78, 5) is 0. The Morgan fingerprint density at radius 3 is 2.69 bits per heavy atom. The average molecular weight is 175 g/mol. The zero-order valence-corrected chi connectivity index (χ0v) is 7.53. The van der Waals surface area contributed by atoms with E-state index in [2.05, 4.69) is 11.2 Å². The molecule has 2 rings (SSSR count). The van der Waals surface area contributed by atoms with Gasteiger partial charge in [0.05, 0.1) is 0 Å². The third-order valence-corrected chi connectivity index (χ3v) is 2.59. The summed E-state index contributed by atoms with van der Waals surface area (Å²) in [6.07, 6.45) is 4.62. The van der Waals surface area contributed by atoms with Crippen LogP contribution in [0, 0.1) is 0 Å². The molecule has 0 unspecified atom stereocenters. The van der Waals surface area contributed by atoms with E-state index >= 15 is 0 Å². The maximum Gasteiger partial charge on any atom is 0.106 e. The van der Waals surface area contributed by atoms with Crippen LogP contribution in [0.25, 0.3) is 0 Å². The Bertz CT molecular complexity index is 371. The Kier molecular flexibility index (Phi) is 2.30. The van der Waals surface area contributed by atoms with E-state index in [0.717, 1.165) is 18.2 Å². The Morgan fingerprint density at radius 2 is 1.85 bits per heavy atom. The summed E-state index contributed by atoms with van der Waals surface area (Å²) in [6.45, 7) is 0. The second kappa shape index (κ2) is 3.60. The molecule has 68 valence electrons. The average Bonchev–Trinajstić information content (AvgIpc) is 2.39. The molecule has 1 aliphatic rings. The van der Waals surface area contributed by atoms with Gasteiger partial charge in [-0.15, -0.1) is 0 Å². The van der Waals surface area contributed by atoms with Gasteiger partial charge in [0.15, 0.2) is 0 Å². The van der Waals surface area contributed by atoms with Crippen molar-refractivity contribution in [1.82, 2.24) is 0 Å². The van der Waals surface area contributed by atoms with Crippen molar-refractivity contribution >= 4 is 0 Å². The largest absolute Gasteiger partial charge is 0.410 e. The van der Waals surface area contributed by atoms with Crippen molar-refractivity contribution < 1.29 is 5.21 Å². The van der Waals surface area contributed by atoms with Gasteiger partial charge in [-0.1, -0.05) is 23.4 Å². The van der Waals surface area contributed by atoms with Crippen molar-refractivity contribution in [2.24, 2.45) is 5.16 Å². The molecule has 1 aromatic rings. The fraction of sp³-hybridized carbons (Fsp3) is 0.364. The highest BCUT2D eigenvalue weighted by Crippen LogP contribution is 2.16. The Balaban J connectivity index is 2.68. The molecule has 1 aromatic carbocycles. The fourth-order valence-electron chi connectivity index (χ4n) is 1.92. The van der Waals surface area contributed by atoms with Crippen LogP contribution in [0.15, 0.2) is 29.4 Å². The number of fused-ring (bicyclic) bond motifs is 1. The fourth-order valence-corrected chi connectivity index (χ4v) is 1.92. The number of aryl methyl sites for hydroxylation is 1. The third-order valence-electron chi connectivity index (χ3n) is 2.59. The zero-order valence-electron chi connectivity index (χ0n) is 7.53. The summed E-state index contributed by atoms with van der Waals surface area (Å²) >= 11 is 0. The first-order valence-corrected chi connectivity index (χ1v) is 4.71. The van der Waals surface area contributed by atoms with Crippen LogP contribution in [0.4, 0.5) is 0 Å². The molecular weight excluding hydrogens is 162 g/mol. The molecule has 0 aliphatic heterocycles. The summed E-state index contributed by atoms with van der Waals surface area (Å²) in [5, 5.41) is 12.9. The van der Waals surface area contributed by atoms with Crippen LogP contribution >= 0.6 is 0 Å². The highest BCUT2D eigenvalue weighted by atomic mass is 16.4. The van der Waals surface area contributed by atoms with Gasteiger partial charge in [-0.3, -0.25) is 0 Å². The molecule has 0 spiro atoms. The monoisotopic (exact) mass is 175 g/mol. The van der Waals surface area contributed by atoms with E-state index in [-0.39, 0.29) is 0 Å². The predicted octanol–water partition coefficient (Wildman–Crippen LogP) is 1.86. The summed E-state index contributed by atoms with van der Waals surface area (Å²) < 4.78 is 0. The van der Waals surface area contributed by atoms with Crippen molar-refractivity contribution in [3.63, 3.8) is 0 Å². The van der Waals surface area contributed by atoms with Gasteiger partial charge in [0, 0.05) is 0 Å². The lowest BCUT2D eigenvalue weighted by Gasteiger charge is -2.12. The van der Waals surface area contributed by atoms with Crippen LogP contribution in [-0.4, -0.2) is 5.21 Å². The zero-order chi connectivity index (χ0) is 9.10. The maximum atomic E-state index is 8.83. The van der Waals surface area contributed by atoms with E-state index in [4.69, 9.17) is 5.21 Å². The van der Waals surface area contributed by atoms with Crippen LogP contribution < -0.4 is 5.36 Å². The molecule has 2 heteroatoms. The molecule has 0 bridgehead atoms. The van der Waals surface area contributed by atoms with Gasteiger partial charge in [0.1, 0.15) is 5.36 Å². The number of nitrogens with zero attached hydrogens (tertiary/aromatic N) is 1. The predicted molar refractivity (Wildman–Crippen MR) is 50.4 cm³/mol. The molecule has 1 N–H and O–H groups in total. The van der Waals surface area contributed by atoms with E-state index in [1.165, 1.54) is 24.0 Å². The van der Waals surface area contributed by atoms with E-state index in [1.807, 2.05) is 18.2 Å². The van der Waals surface area contributed by atoms with E-state index in [9.17, 15) is 0 Å². The van der Waals surface area contributed by atoms with Crippen molar-refractivity contribution in [1.29, 1.82) is 0 Å². The Labute approximate surface area is 77.5 Å². The molecule has 0 aromatic heterocycles. The van der Waals surface area contributed by atoms with Crippen LogP contribution in [0.2, 0.25) is 0 Å². The van der Waals surface area contributed by atoms with Gasteiger partial charge >= 0.3 is 0 Å². The quantitative estimate of drug-likeness (QED) is 0.473. The molecule has 1 aliphatic carbocycles. The summed E-state index contributed by atoms with van der Waals surface area (Å²) in [5.74, 6) is 0. The number of hydrogen-bond acceptors (Lipinski definition) is 2. The van der Waals surface area contributed by atoms with Crippen LogP contribution in [0.3, 0.4) is 0 Å². The van der Waals surface area contributed by atoms with Gasteiger partial charge in [-0.25, -0.2) is 0 Å².